The summed E-state index contributed by atoms with van der Waals surface area (Å²) in [6.45, 7) is 8.28. The Labute approximate surface area is 80.3 Å². The van der Waals surface area contributed by atoms with Crippen molar-refractivity contribution in [2.45, 2.75) is 46.6 Å². The third kappa shape index (κ3) is 3.35. The molecular formula is C10H21NO2. The summed E-state index contributed by atoms with van der Waals surface area (Å²) in [4.78, 5) is 10.5. The molecule has 0 saturated carbocycles. The van der Waals surface area contributed by atoms with E-state index < -0.39 is 5.97 Å². The van der Waals surface area contributed by atoms with E-state index in [9.17, 15) is 4.79 Å². The molecule has 0 fully saturated rings. The fourth-order valence-electron chi connectivity index (χ4n) is 1.34. The monoisotopic (exact) mass is 187 g/mol. The lowest BCUT2D eigenvalue weighted by atomic mass is 9.72. The molecule has 78 valence electrons. The zero-order valence-corrected chi connectivity index (χ0v) is 9.00. The highest BCUT2D eigenvalue weighted by atomic mass is 16.4. The summed E-state index contributed by atoms with van der Waals surface area (Å²) in [6.07, 6.45) is 1.08. The Bertz CT molecular complexity index is 178. The molecule has 0 aliphatic heterocycles. The standard InChI is InChI=1S/C10H21NO2/c1-5-7(2)10(3,4)8(11)6-9(12)13/h7-8H,5-6,11H2,1-4H3,(H,12,13). The smallest absolute Gasteiger partial charge is 0.304 e. The van der Waals surface area contributed by atoms with Gasteiger partial charge >= 0.3 is 5.97 Å². The van der Waals surface area contributed by atoms with Crippen LogP contribution in [0.5, 0.6) is 0 Å². The minimum absolute atomic E-state index is 0.0529. The van der Waals surface area contributed by atoms with Crippen LogP contribution in [0.1, 0.15) is 40.5 Å². The van der Waals surface area contributed by atoms with Gasteiger partial charge in [0.1, 0.15) is 0 Å². The van der Waals surface area contributed by atoms with Crippen LogP contribution >= 0.6 is 0 Å². The second-order valence-electron chi connectivity index (χ2n) is 4.34. The van der Waals surface area contributed by atoms with Gasteiger partial charge in [0.25, 0.3) is 0 Å². The summed E-state index contributed by atoms with van der Waals surface area (Å²) < 4.78 is 0. The fraction of sp³-hybridized carbons (Fsp3) is 0.900. The van der Waals surface area contributed by atoms with Gasteiger partial charge in [0.05, 0.1) is 6.42 Å². The molecular weight excluding hydrogens is 166 g/mol. The normalized spacial score (nSPS) is 16.7. The van der Waals surface area contributed by atoms with Gasteiger partial charge in [0, 0.05) is 6.04 Å². The number of carboxylic acids is 1. The first kappa shape index (κ1) is 12.4. The van der Waals surface area contributed by atoms with Crippen molar-refractivity contribution in [3.63, 3.8) is 0 Å². The maximum atomic E-state index is 10.5. The topological polar surface area (TPSA) is 63.3 Å². The molecule has 3 nitrogen and oxygen atoms in total. The summed E-state index contributed by atoms with van der Waals surface area (Å²) in [7, 11) is 0. The van der Waals surface area contributed by atoms with Crippen molar-refractivity contribution < 1.29 is 9.90 Å². The number of nitrogens with two attached hydrogens (primary N) is 1. The van der Waals surface area contributed by atoms with E-state index in [1.807, 2.05) is 13.8 Å². The summed E-state index contributed by atoms with van der Waals surface area (Å²) >= 11 is 0. The van der Waals surface area contributed by atoms with E-state index in [2.05, 4.69) is 13.8 Å². The van der Waals surface area contributed by atoms with Gasteiger partial charge < -0.3 is 10.8 Å². The van der Waals surface area contributed by atoms with Crippen LogP contribution in [0, 0.1) is 11.3 Å². The van der Waals surface area contributed by atoms with Gasteiger partial charge in [0.2, 0.25) is 0 Å². The van der Waals surface area contributed by atoms with E-state index in [4.69, 9.17) is 10.8 Å². The summed E-state index contributed by atoms with van der Waals surface area (Å²) in [5.41, 5.74) is 5.74. The van der Waals surface area contributed by atoms with Crippen molar-refractivity contribution in [2.24, 2.45) is 17.1 Å². The average Bonchev–Trinajstić information content (AvgIpc) is 2.01. The summed E-state index contributed by atoms with van der Waals surface area (Å²) in [6, 6.07) is -0.264. The quantitative estimate of drug-likeness (QED) is 0.690. The highest BCUT2D eigenvalue weighted by molar-refractivity contribution is 5.67. The second kappa shape index (κ2) is 4.61. The number of hydrogen-bond acceptors (Lipinski definition) is 2. The molecule has 3 heteroatoms. The molecule has 0 aromatic heterocycles. The lowest BCUT2D eigenvalue weighted by Gasteiger charge is -2.36. The molecule has 0 aliphatic rings. The summed E-state index contributed by atoms with van der Waals surface area (Å²) in [5.74, 6) is -0.370. The molecule has 0 spiro atoms. The van der Waals surface area contributed by atoms with Gasteiger partial charge in [-0.15, -0.1) is 0 Å². The zero-order valence-electron chi connectivity index (χ0n) is 9.00. The number of carboxylic acid groups (broad SMARTS) is 1. The van der Waals surface area contributed by atoms with Crippen LogP contribution in [-0.2, 0) is 4.79 Å². The van der Waals surface area contributed by atoms with Gasteiger partial charge in [0.15, 0.2) is 0 Å². The molecule has 0 saturated heterocycles. The van der Waals surface area contributed by atoms with Crippen LogP contribution in [0.15, 0.2) is 0 Å². The Morgan fingerprint density at radius 2 is 2.00 bits per heavy atom. The number of rotatable bonds is 5. The molecule has 0 amide bonds. The van der Waals surface area contributed by atoms with E-state index in [1.165, 1.54) is 0 Å². The molecule has 0 bridgehead atoms. The third-order valence-electron chi connectivity index (χ3n) is 3.23. The molecule has 2 atom stereocenters. The SMILES string of the molecule is CCC(C)C(C)(C)C(N)CC(=O)O. The van der Waals surface area contributed by atoms with Crippen molar-refractivity contribution in [3.05, 3.63) is 0 Å². The predicted molar refractivity (Wildman–Crippen MR) is 53.5 cm³/mol. The van der Waals surface area contributed by atoms with E-state index in [0.717, 1.165) is 6.42 Å². The van der Waals surface area contributed by atoms with E-state index in [1.54, 1.807) is 0 Å². The number of hydrogen-bond donors (Lipinski definition) is 2. The van der Waals surface area contributed by atoms with Crippen molar-refractivity contribution in [3.8, 4) is 0 Å². The van der Waals surface area contributed by atoms with Gasteiger partial charge in [-0.25, -0.2) is 0 Å². The number of aliphatic carboxylic acids is 1. The Hall–Kier alpha value is -0.570. The fourth-order valence-corrected chi connectivity index (χ4v) is 1.34. The molecule has 13 heavy (non-hydrogen) atoms. The minimum atomic E-state index is -0.816. The van der Waals surface area contributed by atoms with E-state index in [-0.39, 0.29) is 17.9 Å². The van der Waals surface area contributed by atoms with E-state index >= 15 is 0 Å². The van der Waals surface area contributed by atoms with Gasteiger partial charge in [-0.3, -0.25) is 4.79 Å². The molecule has 0 rings (SSSR count). The van der Waals surface area contributed by atoms with Gasteiger partial charge in [-0.1, -0.05) is 34.1 Å². The van der Waals surface area contributed by atoms with Crippen LogP contribution in [0.4, 0.5) is 0 Å². The lowest BCUT2D eigenvalue weighted by Crippen LogP contribution is -2.43. The molecule has 0 aromatic rings. The molecule has 2 unspecified atom stereocenters. The van der Waals surface area contributed by atoms with E-state index in [0.29, 0.717) is 5.92 Å². The van der Waals surface area contributed by atoms with Gasteiger partial charge in [-0.2, -0.15) is 0 Å². The van der Waals surface area contributed by atoms with Crippen molar-refractivity contribution in [2.75, 3.05) is 0 Å². The average molecular weight is 187 g/mol. The maximum absolute atomic E-state index is 10.5. The van der Waals surface area contributed by atoms with Crippen LogP contribution in [-0.4, -0.2) is 17.1 Å². The predicted octanol–water partition coefficient (Wildman–Crippen LogP) is 1.86. The maximum Gasteiger partial charge on any atom is 0.304 e. The summed E-state index contributed by atoms with van der Waals surface area (Å²) in [5, 5.41) is 8.62. The Morgan fingerprint density at radius 3 is 2.31 bits per heavy atom. The second-order valence-corrected chi connectivity index (χ2v) is 4.34. The Morgan fingerprint density at radius 1 is 1.54 bits per heavy atom. The molecule has 0 heterocycles. The third-order valence-corrected chi connectivity index (χ3v) is 3.23. The molecule has 0 aromatic carbocycles. The van der Waals surface area contributed by atoms with Crippen LogP contribution < -0.4 is 5.73 Å². The Kier molecular flexibility index (Phi) is 4.40. The first-order valence-electron chi connectivity index (χ1n) is 4.79. The first-order valence-corrected chi connectivity index (χ1v) is 4.79. The first-order chi connectivity index (χ1) is 5.82. The Balaban J connectivity index is 4.34. The molecule has 0 radical (unpaired) electrons. The van der Waals surface area contributed by atoms with Crippen LogP contribution in [0.3, 0.4) is 0 Å². The zero-order chi connectivity index (χ0) is 10.6. The largest absolute Gasteiger partial charge is 0.481 e. The number of carbonyl (C=O) groups is 1. The van der Waals surface area contributed by atoms with Crippen LogP contribution in [0.2, 0.25) is 0 Å². The van der Waals surface area contributed by atoms with Crippen molar-refractivity contribution >= 4 is 5.97 Å². The van der Waals surface area contributed by atoms with Crippen LogP contribution in [0.25, 0.3) is 0 Å². The van der Waals surface area contributed by atoms with Crippen molar-refractivity contribution in [1.82, 2.24) is 0 Å². The van der Waals surface area contributed by atoms with Crippen molar-refractivity contribution in [1.29, 1.82) is 0 Å². The lowest BCUT2D eigenvalue weighted by molar-refractivity contribution is -0.138. The molecule has 3 N–H and O–H groups in total. The van der Waals surface area contributed by atoms with Gasteiger partial charge in [-0.05, 0) is 11.3 Å². The highest BCUT2D eigenvalue weighted by Crippen LogP contribution is 2.32. The molecule has 0 aliphatic carbocycles. The highest BCUT2D eigenvalue weighted by Gasteiger charge is 2.32. The minimum Gasteiger partial charge on any atom is -0.481 e.